The van der Waals surface area contributed by atoms with Crippen LogP contribution in [-0.2, 0) is 16.0 Å². The second kappa shape index (κ2) is 9.70. The Morgan fingerprint density at radius 1 is 1.10 bits per heavy atom. The van der Waals surface area contributed by atoms with Crippen LogP contribution in [-0.4, -0.2) is 60.1 Å². The Balaban J connectivity index is 1.43. The predicted molar refractivity (Wildman–Crippen MR) is 114 cm³/mol. The van der Waals surface area contributed by atoms with Gasteiger partial charge in [-0.15, -0.1) is 0 Å². The Morgan fingerprint density at radius 3 is 2.69 bits per heavy atom. The minimum Gasteiger partial charge on any atom is -0.379 e. The van der Waals surface area contributed by atoms with E-state index in [1.54, 1.807) is 0 Å². The van der Waals surface area contributed by atoms with Crippen LogP contribution < -0.4 is 0 Å². The summed E-state index contributed by atoms with van der Waals surface area (Å²) in [6.07, 6.45) is 5.87. The van der Waals surface area contributed by atoms with E-state index in [0.717, 1.165) is 60.7 Å². The molecule has 0 aliphatic carbocycles. The van der Waals surface area contributed by atoms with Crippen LogP contribution in [0.4, 0.5) is 0 Å². The number of rotatable bonds is 5. The van der Waals surface area contributed by atoms with E-state index in [0.29, 0.717) is 26.2 Å². The number of ether oxygens (including phenoxy) is 1. The lowest BCUT2D eigenvalue weighted by Gasteiger charge is -2.37. The third-order valence-corrected chi connectivity index (χ3v) is 6.22. The van der Waals surface area contributed by atoms with Gasteiger partial charge >= 0.3 is 0 Å². The highest BCUT2D eigenvalue weighted by Crippen LogP contribution is 2.31. The molecule has 0 N–H and O–H groups in total. The fraction of sp³-hybridized carbons (Fsp3) is 0.478. The van der Waals surface area contributed by atoms with Gasteiger partial charge < -0.3 is 9.64 Å². The van der Waals surface area contributed by atoms with Gasteiger partial charge in [-0.2, -0.15) is 0 Å². The van der Waals surface area contributed by atoms with Crippen molar-refractivity contribution >= 4 is 17.5 Å². The molecule has 29 heavy (non-hydrogen) atoms. The molecule has 1 aromatic carbocycles. The minimum atomic E-state index is 0.124. The summed E-state index contributed by atoms with van der Waals surface area (Å²) >= 11 is 6.28. The van der Waals surface area contributed by atoms with E-state index in [4.69, 9.17) is 16.3 Å². The maximum atomic E-state index is 13.0. The van der Waals surface area contributed by atoms with Gasteiger partial charge in [0.25, 0.3) is 0 Å². The van der Waals surface area contributed by atoms with Gasteiger partial charge in [0, 0.05) is 43.0 Å². The Bertz CT molecular complexity index is 821. The molecule has 4 rings (SSSR count). The van der Waals surface area contributed by atoms with Gasteiger partial charge in [0.2, 0.25) is 5.91 Å². The summed E-state index contributed by atoms with van der Waals surface area (Å²) < 4.78 is 5.40. The molecular weight excluding hydrogens is 386 g/mol. The number of carbonyl (C=O) groups excluding carboxylic acids is 1. The van der Waals surface area contributed by atoms with E-state index in [2.05, 4.69) is 26.9 Å². The number of halogens is 1. The summed E-state index contributed by atoms with van der Waals surface area (Å²) in [6, 6.07) is 12.2. The van der Waals surface area contributed by atoms with E-state index in [1.165, 1.54) is 0 Å². The van der Waals surface area contributed by atoms with Gasteiger partial charge in [-0.25, -0.2) is 0 Å². The highest BCUT2D eigenvalue weighted by atomic mass is 35.5. The van der Waals surface area contributed by atoms with Crippen molar-refractivity contribution in [3.8, 4) is 0 Å². The quantitative estimate of drug-likeness (QED) is 0.749. The maximum absolute atomic E-state index is 13.0. The number of hydrogen-bond acceptors (Lipinski definition) is 4. The standard InChI is InChI=1S/C23H28ClN3O2/c24-21-6-2-1-5-18(21)15-20-9-8-19(16-25-20)22-7-3-4-10-27(22)23(28)17-26-11-13-29-14-12-26/h1-2,5-6,8-9,16,22H,3-4,7,10-15,17H2. The number of pyridine rings is 1. The van der Waals surface area contributed by atoms with Crippen LogP contribution in [0, 0.1) is 0 Å². The van der Waals surface area contributed by atoms with Crippen molar-refractivity contribution in [3.63, 3.8) is 0 Å². The van der Waals surface area contributed by atoms with Crippen LogP contribution in [0.3, 0.4) is 0 Å². The molecule has 1 amide bonds. The average Bonchev–Trinajstić information content (AvgIpc) is 2.77. The van der Waals surface area contributed by atoms with Crippen molar-refractivity contribution in [2.45, 2.75) is 31.7 Å². The number of likely N-dealkylation sites (tertiary alicyclic amines) is 1. The van der Waals surface area contributed by atoms with Crippen molar-refractivity contribution in [3.05, 3.63) is 64.4 Å². The van der Waals surface area contributed by atoms with Crippen LogP contribution in [0.15, 0.2) is 42.6 Å². The highest BCUT2D eigenvalue weighted by molar-refractivity contribution is 6.31. The monoisotopic (exact) mass is 413 g/mol. The Labute approximate surface area is 177 Å². The minimum absolute atomic E-state index is 0.124. The van der Waals surface area contributed by atoms with Crippen molar-refractivity contribution in [1.29, 1.82) is 0 Å². The smallest absolute Gasteiger partial charge is 0.237 e. The molecule has 6 heteroatoms. The second-order valence-corrected chi connectivity index (χ2v) is 8.25. The maximum Gasteiger partial charge on any atom is 0.237 e. The van der Waals surface area contributed by atoms with Crippen LogP contribution in [0.1, 0.15) is 42.1 Å². The van der Waals surface area contributed by atoms with Gasteiger partial charge in [-0.05, 0) is 42.5 Å². The number of aromatic nitrogens is 1. The molecule has 2 aliphatic heterocycles. The zero-order chi connectivity index (χ0) is 20.1. The number of piperidine rings is 1. The molecule has 2 aromatic rings. The van der Waals surface area contributed by atoms with E-state index >= 15 is 0 Å². The lowest BCUT2D eigenvalue weighted by molar-refractivity contribution is -0.137. The molecule has 5 nitrogen and oxygen atoms in total. The molecule has 1 atom stereocenters. The van der Waals surface area contributed by atoms with Gasteiger partial charge in [0.1, 0.15) is 0 Å². The molecule has 2 saturated heterocycles. The third-order valence-electron chi connectivity index (χ3n) is 5.85. The van der Waals surface area contributed by atoms with Gasteiger partial charge in [-0.1, -0.05) is 35.9 Å². The molecule has 0 spiro atoms. The Kier molecular flexibility index (Phi) is 6.80. The van der Waals surface area contributed by atoms with Crippen molar-refractivity contribution in [2.75, 3.05) is 39.4 Å². The highest BCUT2D eigenvalue weighted by Gasteiger charge is 2.29. The first-order valence-corrected chi connectivity index (χ1v) is 10.9. The SMILES string of the molecule is O=C(CN1CCOCC1)N1CCCCC1c1ccc(Cc2ccccc2Cl)nc1. The predicted octanol–water partition coefficient (Wildman–Crippen LogP) is 3.71. The molecule has 3 heterocycles. The van der Waals surface area contributed by atoms with Gasteiger partial charge in [-0.3, -0.25) is 14.7 Å². The number of nitrogens with zero attached hydrogens (tertiary/aromatic N) is 3. The van der Waals surface area contributed by atoms with Crippen molar-refractivity contribution in [2.24, 2.45) is 0 Å². The van der Waals surface area contributed by atoms with Crippen LogP contribution in [0.5, 0.6) is 0 Å². The second-order valence-electron chi connectivity index (χ2n) is 7.84. The Hall–Kier alpha value is -1.95. The number of morpholine rings is 1. The first-order chi connectivity index (χ1) is 14.2. The summed E-state index contributed by atoms with van der Waals surface area (Å²) in [4.78, 5) is 21.9. The number of carbonyl (C=O) groups is 1. The molecule has 154 valence electrons. The van der Waals surface area contributed by atoms with Gasteiger partial charge in [0.15, 0.2) is 0 Å². The van der Waals surface area contributed by atoms with E-state index in [1.807, 2.05) is 30.5 Å². The topological polar surface area (TPSA) is 45.7 Å². The van der Waals surface area contributed by atoms with Crippen molar-refractivity contribution < 1.29 is 9.53 Å². The molecule has 2 aliphatic rings. The van der Waals surface area contributed by atoms with Crippen LogP contribution in [0.2, 0.25) is 5.02 Å². The fourth-order valence-electron chi connectivity index (χ4n) is 4.19. The van der Waals surface area contributed by atoms with E-state index in [-0.39, 0.29) is 11.9 Å². The number of benzene rings is 1. The molecule has 1 unspecified atom stereocenters. The van der Waals surface area contributed by atoms with Crippen molar-refractivity contribution in [1.82, 2.24) is 14.8 Å². The van der Waals surface area contributed by atoms with Crippen LogP contribution in [0.25, 0.3) is 0 Å². The first-order valence-electron chi connectivity index (χ1n) is 10.5. The first kappa shape index (κ1) is 20.3. The summed E-state index contributed by atoms with van der Waals surface area (Å²) in [7, 11) is 0. The summed E-state index contributed by atoms with van der Waals surface area (Å²) in [6.45, 7) is 4.42. The fourth-order valence-corrected chi connectivity index (χ4v) is 4.40. The molecule has 0 bridgehead atoms. The van der Waals surface area contributed by atoms with Gasteiger partial charge in [0.05, 0.1) is 25.8 Å². The largest absolute Gasteiger partial charge is 0.379 e. The molecule has 0 radical (unpaired) electrons. The summed E-state index contributed by atoms with van der Waals surface area (Å²) in [5.74, 6) is 0.219. The summed E-state index contributed by atoms with van der Waals surface area (Å²) in [5.41, 5.74) is 3.20. The lowest BCUT2D eigenvalue weighted by Crippen LogP contribution is -2.47. The zero-order valence-electron chi connectivity index (χ0n) is 16.7. The van der Waals surface area contributed by atoms with E-state index < -0.39 is 0 Å². The normalized spacial score (nSPS) is 20.6. The molecule has 1 aromatic heterocycles. The number of amides is 1. The lowest BCUT2D eigenvalue weighted by atomic mass is 9.95. The molecule has 2 fully saturated rings. The summed E-state index contributed by atoms with van der Waals surface area (Å²) in [5, 5.41) is 0.769. The zero-order valence-corrected chi connectivity index (χ0v) is 17.5. The van der Waals surface area contributed by atoms with Crippen LogP contribution >= 0.6 is 11.6 Å². The molecular formula is C23H28ClN3O2. The van der Waals surface area contributed by atoms with E-state index in [9.17, 15) is 4.79 Å². The Morgan fingerprint density at radius 2 is 1.93 bits per heavy atom. The molecule has 0 saturated carbocycles. The average molecular weight is 414 g/mol. The number of hydrogen-bond donors (Lipinski definition) is 0. The third kappa shape index (κ3) is 5.16.